The van der Waals surface area contributed by atoms with E-state index in [2.05, 4.69) is 5.32 Å². The number of fused-ring (bicyclic) bond motifs is 3. The van der Waals surface area contributed by atoms with Gasteiger partial charge in [-0.05, 0) is 69.2 Å². The van der Waals surface area contributed by atoms with Gasteiger partial charge in [0.1, 0.15) is 11.3 Å². The fraction of sp³-hybridized carbons (Fsp3) is 0.522. The lowest BCUT2D eigenvalue weighted by Gasteiger charge is -2.19. The summed E-state index contributed by atoms with van der Waals surface area (Å²) in [6.07, 6.45) is 4.03. The molecule has 2 aromatic rings. The van der Waals surface area contributed by atoms with Crippen LogP contribution in [0.1, 0.15) is 49.3 Å². The fourth-order valence-corrected chi connectivity index (χ4v) is 4.41. The second-order valence-electron chi connectivity index (χ2n) is 8.23. The first-order valence-corrected chi connectivity index (χ1v) is 10.8. The van der Waals surface area contributed by atoms with Crippen molar-refractivity contribution in [3.8, 4) is 5.75 Å². The fourth-order valence-electron chi connectivity index (χ4n) is 4.41. The Labute approximate surface area is 175 Å². The molecule has 2 heterocycles. The highest BCUT2D eigenvalue weighted by molar-refractivity contribution is 5.89. The van der Waals surface area contributed by atoms with E-state index < -0.39 is 6.10 Å². The van der Waals surface area contributed by atoms with E-state index in [1.807, 2.05) is 24.0 Å². The lowest BCUT2D eigenvalue weighted by atomic mass is 10.0. The van der Waals surface area contributed by atoms with Gasteiger partial charge in [-0.3, -0.25) is 9.59 Å². The lowest BCUT2D eigenvalue weighted by molar-refractivity contribution is -0.127. The zero-order chi connectivity index (χ0) is 21.3. The predicted molar refractivity (Wildman–Crippen MR) is 113 cm³/mol. The zero-order valence-corrected chi connectivity index (χ0v) is 17.6. The van der Waals surface area contributed by atoms with Crippen molar-refractivity contribution < 1.29 is 18.7 Å². The maximum absolute atomic E-state index is 12.5. The van der Waals surface area contributed by atoms with Crippen molar-refractivity contribution >= 4 is 22.8 Å². The van der Waals surface area contributed by atoms with E-state index in [0.717, 1.165) is 60.7 Å². The SMILES string of the molecule is Cc1cc(O[C@@H](C)C(=O)NCCCN2CCCC2=O)c2c3c(c(=O)oc2c1)CCC3. The molecule has 30 heavy (non-hydrogen) atoms. The number of amides is 2. The summed E-state index contributed by atoms with van der Waals surface area (Å²) in [4.78, 5) is 38.3. The van der Waals surface area contributed by atoms with Crippen molar-refractivity contribution in [1.29, 1.82) is 0 Å². The number of carbonyl (C=O) groups is 2. The Balaban J connectivity index is 1.43. The number of likely N-dealkylation sites (tertiary alicyclic amines) is 1. The van der Waals surface area contributed by atoms with E-state index in [0.29, 0.717) is 30.8 Å². The molecule has 160 valence electrons. The van der Waals surface area contributed by atoms with Crippen LogP contribution in [-0.4, -0.2) is 42.5 Å². The van der Waals surface area contributed by atoms with E-state index in [4.69, 9.17) is 9.15 Å². The van der Waals surface area contributed by atoms with Crippen LogP contribution in [0.2, 0.25) is 0 Å². The average Bonchev–Trinajstić information content (AvgIpc) is 3.34. The van der Waals surface area contributed by atoms with Gasteiger partial charge in [-0.15, -0.1) is 0 Å². The summed E-state index contributed by atoms with van der Waals surface area (Å²) in [5.74, 6) is 0.576. The molecule has 1 aliphatic carbocycles. The number of hydrogen-bond acceptors (Lipinski definition) is 5. The number of ether oxygens (including phenoxy) is 1. The maximum Gasteiger partial charge on any atom is 0.339 e. The number of hydrogen-bond donors (Lipinski definition) is 1. The van der Waals surface area contributed by atoms with Crippen LogP contribution in [0.5, 0.6) is 5.75 Å². The molecule has 1 N–H and O–H groups in total. The topological polar surface area (TPSA) is 88.9 Å². The Kier molecular flexibility index (Phi) is 5.79. The summed E-state index contributed by atoms with van der Waals surface area (Å²) in [7, 11) is 0. The second kappa shape index (κ2) is 8.50. The number of carbonyl (C=O) groups excluding carboxylic acids is 2. The van der Waals surface area contributed by atoms with Crippen LogP contribution in [0, 0.1) is 6.92 Å². The number of benzene rings is 1. The third-order valence-electron chi connectivity index (χ3n) is 5.93. The van der Waals surface area contributed by atoms with Gasteiger partial charge >= 0.3 is 5.63 Å². The molecule has 1 aliphatic heterocycles. The third-order valence-corrected chi connectivity index (χ3v) is 5.93. The molecule has 1 atom stereocenters. The Morgan fingerprint density at radius 3 is 2.77 bits per heavy atom. The van der Waals surface area contributed by atoms with Crippen molar-refractivity contribution in [3.05, 3.63) is 39.2 Å². The lowest BCUT2D eigenvalue weighted by Crippen LogP contribution is -2.38. The van der Waals surface area contributed by atoms with Crippen molar-refractivity contribution in [2.45, 2.75) is 58.5 Å². The summed E-state index contributed by atoms with van der Waals surface area (Å²) in [6, 6.07) is 3.73. The van der Waals surface area contributed by atoms with Gasteiger partial charge in [-0.1, -0.05) is 0 Å². The normalized spacial score (nSPS) is 16.7. The largest absolute Gasteiger partial charge is 0.480 e. The van der Waals surface area contributed by atoms with Crippen LogP contribution >= 0.6 is 0 Å². The molecule has 1 aromatic carbocycles. The molecule has 7 heteroatoms. The molecule has 1 aromatic heterocycles. The van der Waals surface area contributed by atoms with E-state index >= 15 is 0 Å². The Morgan fingerprint density at radius 1 is 1.20 bits per heavy atom. The molecule has 0 radical (unpaired) electrons. The van der Waals surface area contributed by atoms with Crippen LogP contribution in [-0.2, 0) is 22.4 Å². The molecular weight excluding hydrogens is 384 g/mol. The van der Waals surface area contributed by atoms with Gasteiger partial charge in [0.15, 0.2) is 6.10 Å². The van der Waals surface area contributed by atoms with E-state index in [-0.39, 0.29) is 17.4 Å². The van der Waals surface area contributed by atoms with E-state index in [1.54, 1.807) is 6.92 Å². The minimum Gasteiger partial charge on any atom is -0.480 e. The first kappa shape index (κ1) is 20.4. The second-order valence-corrected chi connectivity index (χ2v) is 8.23. The predicted octanol–water partition coefficient (Wildman–Crippen LogP) is 2.49. The highest BCUT2D eigenvalue weighted by Gasteiger charge is 2.24. The van der Waals surface area contributed by atoms with Gasteiger partial charge in [-0.2, -0.15) is 0 Å². The summed E-state index contributed by atoms with van der Waals surface area (Å²) in [5.41, 5.74) is 2.86. The van der Waals surface area contributed by atoms with E-state index in [9.17, 15) is 14.4 Å². The Bertz CT molecular complexity index is 1040. The van der Waals surface area contributed by atoms with Crippen LogP contribution in [0.4, 0.5) is 0 Å². The summed E-state index contributed by atoms with van der Waals surface area (Å²) in [6.45, 7) is 5.60. The van der Waals surface area contributed by atoms with Crippen LogP contribution < -0.4 is 15.7 Å². The number of aryl methyl sites for hydroxylation is 2. The van der Waals surface area contributed by atoms with Crippen LogP contribution in [0.3, 0.4) is 0 Å². The number of nitrogens with zero attached hydrogens (tertiary/aromatic N) is 1. The minimum atomic E-state index is -0.688. The first-order valence-electron chi connectivity index (χ1n) is 10.8. The molecule has 0 bridgehead atoms. The monoisotopic (exact) mass is 412 g/mol. The highest BCUT2D eigenvalue weighted by Crippen LogP contribution is 2.35. The summed E-state index contributed by atoms with van der Waals surface area (Å²) >= 11 is 0. The van der Waals surface area contributed by atoms with Crippen molar-refractivity contribution in [2.24, 2.45) is 0 Å². The Hall–Kier alpha value is -2.83. The molecule has 0 unspecified atom stereocenters. The molecule has 1 saturated heterocycles. The molecule has 0 spiro atoms. The summed E-state index contributed by atoms with van der Waals surface area (Å²) in [5, 5.41) is 3.70. The number of rotatable bonds is 7. The van der Waals surface area contributed by atoms with Crippen LogP contribution in [0.25, 0.3) is 11.0 Å². The van der Waals surface area contributed by atoms with Gasteiger partial charge < -0.3 is 19.4 Å². The van der Waals surface area contributed by atoms with Crippen LogP contribution in [0.15, 0.2) is 21.3 Å². The molecule has 2 aliphatic rings. The molecule has 7 nitrogen and oxygen atoms in total. The van der Waals surface area contributed by atoms with Gasteiger partial charge in [-0.25, -0.2) is 4.79 Å². The highest BCUT2D eigenvalue weighted by atomic mass is 16.5. The maximum atomic E-state index is 12.5. The number of nitrogens with one attached hydrogen (secondary N) is 1. The van der Waals surface area contributed by atoms with Gasteiger partial charge in [0.25, 0.3) is 5.91 Å². The van der Waals surface area contributed by atoms with Gasteiger partial charge in [0, 0.05) is 31.6 Å². The minimum absolute atomic E-state index is 0.198. The third kappa shape index (κ3) is 4.06. The quantitative estimate of drug-likeness (QED) is 0.558. The molecule has 0 saturated carbocycles. The average molecular weight is 412 g/mol. The first-order chi connectivity index (χ1) is 14.4. The molecule has 2 amide bonds. The Morgan fingerprint density at radius 2 is 2.00 bits per heavy atom. The van der Waals surface area contributed by atoms with Crippen molar-refractivity contribution in [2.75, 3.05) is 19.6 Å². The molecule has 1 fully saturated rings. The van der Waals surface area contributed by atoms with E-state index in [1.165, 1.54) is 0 Å². The van der Waals surface area contributed by atoms with Gasteiger partial charge in [0.2, 0.25) is 5.91 Å². The molecular formula is C23H28N2O5. The molecule has 4 rings (SSSR count). The zero-order valence-electron chi connectivity index (χ0n) is 17.6. The smallest absolute Gasteiger partial charge is 0.339 e. The summed E-state index contributed by atoms with van der Waals surface area (Å²) < 4.78 is 11.6. The van der Waals surface area contributed by atoms with Crippen molar-refractivity contribution in [1.82, 2.24) is 10.2 Å². The van der Waals surface area contributed by atoms with Crippen molar-refractivity contribution in [3.63, 3.8) is 0 Å². The van der Waals surface area contributed by atoms with Gasteiger partial charge in [0.05, 0.1) is 5.39 Å². The standard InChI is InChI=1S/C23H28N2O5/c1-14-12-18(21-16-6-3-7-17(16)23(28)30-19(21)13-14)29-15(2)22(27)24-9-5-11-25-10-4-8-20(25)26/h12-13,15H,3-11H2,1-2H3,(H,24,27)/t15-/m0/s1.